The van der Waals surface area contributed by atoms with Crippen molar-refractivity contribution in [2.24, 2.45) is 0 Å². The van der Waals surface area contributed by atoms with E-state index in [-0.39, 0.29) is 11.2 Å². The molecule has 0 aliphatic rings. The molecule has 0 fully saturated rings. The Labute approximate surface area is 82.1 Å². The average Bonchev–Trinajstić information content (AvgIpc) is 2.18. The number of rotatable bonds is 4. The number of nitrogens with zero attached hydrogens (tertiary/aromatic N) is 2. The van der Waals surface area contributed by atoms with Crippen LogP contribution in [0.4, 0.5) is 0 Å². The van der Waals surface area contributed by atoms with E-state index in [0.29, 0.717) is 19.5 Å². The lowest BCUT2D eigenvalue weighted by molar-refractivity contribution is 0.570. The van der Waals surface area contributed by atoms with Gasteiger partial charge < -0.3 is 4.57 Å². The van der Waals surface area contributed by atoms with Crippen LogP contribution in [0.2, 0.25) is 0 Å². The maximum atomic E-state index is 11.6. The summed E-state index contributed by atoms with van der Waals surface area (Å²) in [6, 6.07) is 1.41. The molecule has 76 valence electrons. The van der Waals surface area contributed by atoms with Crippen molar-refractivity contribution in [1.82, 2.24) is 9.13 Å². The lowest BCUT2D eigenvalue weighted by atomic mass is 10.4. The molecule has 0 spiro atoms. The number of hydrogen-bond acceptors (Lipinski definition) is 2. The molecular weight excluding hydrogens is 180 g/mol. The van der Waals surface area contributed by atoms with Gasteiger partial charge in [0.25, 0.3) is 5.56 Å². The average molecular weight is 194 g/mol. The summed E-state index contributed by atoms with van der Waals surface area (Å²) in [5, 5.41) is 0. The standard InChI is InChI=1S/C10H14N2O2/c1-3-5-7-12-9(13)6-8-11(4-2)10(12)14/h3,6,8H,1,4-5,7H2,2H3. The summed E-state index contributed by atoms with van der Waals surface area (Å²) in [4.78, 5) is 22.9. The van der Waals surface area contributed by atoms with Crippen molar-refractivity contribution < 1.29 is 0 Å². The first-order valence-corrected chi connectivity index (χ1v) is 4.62. The van der Waals surface area contributed by atoms with Crippen LogP contribution in [-0.4, -0.2) is 9.13 Å². The van der Waals surface area contributed by atoms with E-state index in [1.54, 1.807) is 6.08 Å². The van der Waals surface area contributed by atoms with Gasteiger partial charge in [-0.15, -0.1) is 6.58 Å². The van der Waals surface area contributed by atoms with Crippen molar-refractivity contribution in [1.29, 1.82) is 0 Å². The second-order valence-electron chi connectivity index (χ2n) is 2.95. The molecular formula is C10H14N2O2. The first-order valence-electron chi connectivity index (χ1n) is 4.62. The number of hydrogen-bond donors (Lipinski definition) is 0. The van der Waals surface area contributed by atoms with Crippen molar-refractivity contribution in [3.63, 3.8) is 0 Å². The lowest BCUT2D eigenvalue weighted by Crippen LogP contribution is -2.38. The molecule has 4 nitrogen and oxygen atoms in total. The summed E-state index contributed by atoms with van der Waals surface area (Å²) in [6.07, 6.45) is 3.84. The summed E-state index contributed by atoms with van der Waals surface area (Å²) >= 11 is 0. The van der Waals surface area contributed by atoms with Crippen LogP contribution in [0.1, 0.15) is 13.3 Å². The Kier molecular flexibility index (Phi) is 3.45. The SMILES string of the molecule is C=CCCn1c(=O)ccn(CC)c1=O. The van der Waals surface area contributed by atoms with Gasteiger partial charge in [-0.1, -0.05) is 6.08 Å². The first kappa shape index (κ1) is 10.5. The van der Waals surface area contributed by atoms with E-state index in [4.69, 9.17) is 0 Å². The van der Waals surface area contributed by atoms with Gasteiger partial charge >= 0.3 is 5.69 Å². The molecule has 0 aliphatic carbocycles. The van der Waals surface area contributed by atoms with Crippen LogP contribution in [0.15, 0.2) is 34.5 Å². The highest BCUT2D eigenvalue weighted by atomic mass is 16.2. The van der Waals surface area contributed by atoms with E-state index >= 15 is 0 Å². The maximum absolute atomic E-state index is 11.6. The van der Waals surface area contributed by atoms with Gasteiger partial charge in [0.15, 0.2) is 0 Å². The molecule has 0 aromatic carbocycles. The molecule has 0 unspecified atom stereocenters. The number of aryl methyl sites for hydroxylation is 1. The largest absolute Gasteiger partial charge is 0.330 e. The van der Waals surface area contributed by atoms with Gasteiger partial charge in [-0.25, -0.2) is 4.79 Å². The molecule has 0 N–H and O–H groups in total. The summed E-state index contributed by atoms with van der Waals surface area (Å²) in [7, 11) is 0. The van der Waals surface area contributed by atoms with E-state index in [2.05, 4.69) is 6.58 Å². The van der Waals surface area contributed by atoms with Gasteiger partial charge in [0.1, 0.15) is 0 Å². The zero-order valence-corrected chi connectivity index (χ0v) is 8.27. The zero-order chi connectivity index (χ0) is 10.6. The van der Waals surface area contributed by atoms with Crippen molar-refractivity contribution in [3.8, 4) is 0 Å². The normalized spacial score (nSPS) is 10.1. The molecule has 1 rings (SSSR count). The Morgan fingerprint density at radius 3 is 2.79 bits per heavy atom. The third-order valence-corrected chi connectivity index (χ3v) is 2.04. The summed E-state index contributed by atoms with van der Waals surface area (Å²) in [5.74, 6) is 0. The van der Waals surface area contributed by atoms with E-state index in [0.717, 1.165) is 0 Å². The molecule has 0 saturated heterocycles. The molecule has 1 heterocycles. The fourth-order valence-electron chi connectivity index (χ4n) is 1.22. The Hall–Kier alpha value is -1.58. The van der Waals surface area contributed by atoms with E-state index < -0.39 is 0 Å². The van der Waals surface area contributed by atoms with E-state index in [1.807, 2.05) is 6.92 Å². The molecule has 0 atom stereocenters. The van der Waals surface area contributed by atoms with Crippen LogP contribution in [-0.2, 0) is 13.1 Å². The Morgan fingerprint density at radius 1 is 1.50 bits per heavy atom. The van der Waals surface area contributed by atoms with Gasteiger partial charge in [0, 0.05) is 25.4 Å². The Balaban J connectivity index is 3.19. The molecule has 0 aliphatic heterocycles. The molecule has 0 saturated carbocycles. The molecule has 14 heavy (non-hydrogen) atoms. The summed E-state index contributed by atoms with van der Waals surface area (Å²) in [6.45, 7) is 6.40. The molecule has 4 heteroatoms. The number of allylic oxidation sites excluding steroid dienone is 1. The van der Waals surface area contributed by atoms with Crippen LogP contribution in [0.3, 0.4) is 0 Å². The minimum absolute atomic E-state index is 0.248. The second kappa shape index (κ2) is 4.60. The smallest absolute Gasteiger partial charge is 0.301 e. The minimum Gasteiger partial charge on any atom is -0.301 e. The van der Waals surface area contributed by atoms with Crippen molar-refractivity contribution in [3.05, 3.63) is 45.8 Å². The van der Waals surface area contributed by atoms with Gasteiger partial charge in [-0.3, -0.25) is 9.36 Å². The third-order valence-electron chi connectivity index (χ3n) is 2.04. The van der Waals surface area contributed by atoms with E-state index in [1.165, 1.54) is 21.4 Å². The minimum atomic E-state index is -0.249. The first-order chi connectivity index (χ1) is 6.70. The lowest BCUT2D eigenvalue weighted by Gasteiger charge is -2.06. The van der Waals surface area contributed by atoms with Crippen molar-refractivity contribution >= 4 is 0 Å². The molecule has 1 aromatic heterocycles. The van der Waals surface area contributed by atoms with Crippen molar-refractivity contribution in [2.45, 2.75) is 26.4 Å². The van der Waals surface area contributed by atoms with Crippen LogP contribution >= 0.6 is 0 Å². The fraction of sp³-hybridized carbons (Fsp3) is 0.400. The molecule has 1 aromatic rings. The van der Waals surface area contributed by atoms with Gasteiger partial charge in [0.05, 0.1) is 0 Å². The van der Waals surface area contributed by atoms with Crippen LogP contribution < -0.4 is 11.2 Å². The quantitative estimate of drug-likeness (QED) is 0.659. The molecule has 0 bridgehead atoms. The third kappa shape index (κ3) is 2.02. The highest BCUT2D eigenvalue weighted by molar-refractivity contribution is 4.86. The van der Waals surface area contributed by atoms with Gasteiger partial charge in [-0.2, -0.15) is 0 Å². The Bertz CT molecular complexity index is 428. The topological polar surface area (TPSA) is 44.0 Å². The predicted octanol–water partition coefficient (Wildman–Crippen LogP) is 0.606. The van der Waals surface area contributed by atoms with Crippen LogP contribution in [0.5, 0.6) is 0 Å². The fourth-order valence-corrected chi connectivity index (χ4v) is 1.22. The monoisotopic (exact) mass is 194 g/mol. The Morgan fingerprint density at radius 2 is 2.21 bits per heavy atom. The highest BCUT2D eigenvalue weighted by Crippen LogP contribution is 1.84. The van der Waals surface area contributed by atoms with Gasteiger partial charge in [0.2, 0.25) is 0 Å². The molecule has 0 amide bonds. The molecule has 0 radical (unpaired) electrons. The summed E-state index contributed by atoms with van der Waals surface area (Å²) in [5.41, 5.74) is -0.497. The highest BCUT2D eigenvalue weighted by Gasteiger charge is 2.01. The second-order valence-corrected chi connectivity index (χ2v) is 2.95. The summed E-state index contributed by atoms with van der Waals surface area (Å²) < 4.78 is 2.73. The van der Waals surface area contributed by atoms with Crippen molar-refractivity contribution in [2.75, 3.05) is 0 Å². The predicted molar refractivity (Wildman–Crippen MR) is 55.5 cm³/mol. The number of aromatic nitrogens is 2. The maximum Gasteiger partial charge on any atom is 0.330 e. The van der Waals surface area contributed by atoms with Gasteiger partial charge in [-0.05, 0) is 13.3 Å². The van der Waals surface area contributed by atoms with E-state index in [9.17, 15) is 9.59 Å². The van der Waals surface area contributed by atoms with Crippen LogP contribution in [0, 0.1) is 0 Å². The van der Waals surface area contributed by atoms with Crippen LogP contribution in [0.25, 0.3) is 0 Å². The zero-order valence-electron chi connectivity index (χ0n) is 8.27.